The highest BCUT2D eigenvalue weighted by molar-refractivity contribution is 6.04. The maximum Gasteiger partial charge on any atom is 0.338 e. The Labute approximate surface area is 136 Å². The second kappa shape index (κ2) is 10.5. The van der Waals surface area contributed by atoms with Crippen molar-refractivity contribution in [3.63, 3.8) is 0 Å². The summed E-state index contributed by atoms with van der Waals surface area (Å²) in [6.45, 7) is 7.26. The Bertz CT molecular complexity index is 611. The van der Waals surface area contributed by atoms with Crippen molar-refractivity contribution in [3.05, 3.63) is 97.1 Å². The van der Waals surface area contributed by atoms with E-state index >= 15 is 0 Å². The predicted molar refractivity (Wildman–Crippen MR) is 93.3 cm³/mol. The molecular formula is C20H18O3. The molecule has 2 aromatic rings. The highest BCUT2D eigenvalue weighted by Gasteiger charge is 2.10. The Morgan fingerprint density at radius 1 is 0.652 bits per heavy atom. The number of hydrogen-bond acceptors (Lipinski definition) is 3. The third-order valence-corrected chi connectivity index (χ3v) is 2.63. The number of carbonyl (C=O) groups is 2. The Balaban J connectivity index is 0.000000173. The molecule has 0 fully saturated rings. The van der Waals surface area contributed by atoms with Crippen LogP contribution >= 0.6 is 0 Å². The van der Waals surface area contributed by atoms with E-state index < -0.39 is 11.9 Å². The smallest absolute Gasteiger partial charge is 0.338 e. The first-order valence-electron chi connectivity index (χ1n) is 6.94. The molecule has 3 heteroatoms. The topological polar surface area (TPSA) is 43.4 Å². The predicted octanol–water partition coefficient (Wildman–Crippen LogP) is 4.29. The first-order chi connectivity index (χ1) is 11.2. The van der Waals surface area contributed by atoms with Gasteiger partial charge in [0, 0.05) is 12.2 Å². The molecule has 0 amide bonds. The summed E-state index contributed by atoms with van der Waals surface area (Å²) in [5, 5.41) is 0. The second-order valence-corrected chi connectivity index (χ2v) is 4.30. The van der Waals surface area contributed by atoms with E-state index in [1.54, 1.807) is 0 Å². The molecule has 0 radical (unpaired) electrons. The van der Waals surface area contributed by atoms with Gasteiger partial charge in [-0.05, 0) is 11.1 Å². The van der Waals surface area contributed by atoms with E-state index in [0.29, 0.717) is 0 Å². The van der Waals surface area contributed by atoms with Crippen LogP contribution in [0.25, 0.3) is 12.2 Å². The molecule has 0 saturated heterocycles. The summed E-state index contributed by atoms with van der Waals surface area (Å²) < 4.78 is 3.97. The molecule has 0 atom stereocenters. The van der Waals surface area contributed by atoms with E-state index in [2.05, 4.69) is 17.9 Å². The van der Waals surface area contributed by atoms with Gasteiger partial charge in [0.05, 0.1) is 0 Å². The molecule has 2 aromatic carbocycles. The van der Waals surface area contributed by atoms with Gasteiger partial charge in [-0.2, -0.15) is 0 Å². The van der Waals surface area contributed by atoms with Gasteiger partial charge in [-0.15, -0.1) is 0 Å². The maximum absolute atomic E-state index is 9.92. The van der Waals surface area contributed by atoms with Gasteiger partial charge >= 0.3 is 11.9 Å². The molecule has 3 nitrogen and oxygen atoms in total. The summed E-state index contributed by atoms with van der Waals surface area (Å²) in [7, 11) is 0. The van der Waals surface area contributed by atoms with Gasteiger partial charge in [0.15, 0.2) is 0 Å². The lowest BCUT2D eigenvalue weighted by atomic mass is 10.2. The summed E-state index contributed by atoms with van der Waals surface area (Å²) in [5.74, 6) is -1.16. The molecule has 3 rings (SSSR count). The molecule has 1 aliphatic rings. The van der Waals surface area contributed by atoms with Crippen LogP contribution in [0.1, 0.15) is 11.1 Å². The van der Waals surface area contributed by atoms with Crippen LogP contribution in [-0.2, 0) is 14.3 Å². The van der Waals surface area contributed by atoms with E-state index in [1.807, 2.05) is 72.8 Å². The second-order valence-electron chi connectivity index (χ2n) is 4.30. The Morgan fingerprint density at radius 3 is 1.17 bits per heavy atom. The zero-order valence-electron chi connectivity index (χ0n) is 12.7. The number of hydrogen-bond donors (Lipinski definition) is 0. The molecular weight excluding hydrogens is 288 g/mol. The van der Waals surface area contributed by atoms with Gasteiger partial charge in [-0.25, -0.2) is 9.59 Å². The number of cyclic esters (lactones) is 2. The van der Waals surface area contributed by atoms with Crippen molar-refractivity contribution in [2.45, 2.75) is 0 Å². The molecule has 0 saturated carbocycles. The van der Waals surface area contributed by atoms with Crippen molar-refractivity contribution < 1.29 is 14.3 Å². The van der Waals surface area contributed by atoms with Crippen LogP contribution in [0.4, 0.5) is 0 Å². The molecule has 0 aliphatic carbocycles. The number of esters is 2. The minimum absolute atomic E-state index is 0.579. The fourth-order valence-electron chi connectivity index (χ4n) is 1.48. The maximum atomic E-state index is 9.92. The summed E-state index contributed by atoms with van der Waals surface area (Å²) >= 11 is 0. The summed E-state index contributed by atoms with van der Waals surface area (Å²) in [4.78, 5) is 19.8. The van der Waals surface area contributed by atoms with Crippen LogP contribution in [0, 0.1) is 0 Å². The zero-order valence-corrected chi connectivity index (χ0v) is 12.7. The minimum Gasteiger partial charge on any atom is -0.387 e. The molecule has 1 heterocycles. The fraction of sp³-hybridized carbons (Fsp3) is 0. The van der Waals surface area contributed by atoms with Crippen LogP contribution in [0.15, 0.2) is 86.0 Å². The first kappa shape index (κ1) is 17.9. The third-order valence-electron chi connectivity index (χ3n) is 2.63. The highest BCUT2D eigenvalue weighted by atomic mass is 16.6. The number of ether oxygens (including phenoxy) is 1. The zero-order chi connectivity index (χ0) is 16.9. The van der Waals surface area contributed by atoms with Crippen molar-refractivity contribution in [3.8, 4) is 0 Å². The van der Waals surface area contributed by atoms with Crippen LogP contribution < -0.4 is 0 Å². The lowest BCUT2D eigenvalue weighted by molar-refractivity contribution is -0.150. The SMILES string of the molecule is C=Cc1ccccc1.C=Cc1ccccc1.O=C1C=CC(=O)O1. The summed E-state index contributed by atoms with van der Waals surface area (Å²) in [6.07, 6.45) is 5.84. The first-order valence-corrected chi connectivity index (χ1v) is 6.94. The van der Waals surface area contributed by atoms with Crippen molar-refractivity contribution in [2.75, 3.05) is 0 Å². The van der Waals surface area contributed by atoms with Crippen LogP contribution in [-0.4, -0.2) is 11.9 Å². The molecule has 0 N–H and O–H groups in total. The van der Waals surface area contributed by atoms with Crippen molar-refractivity contribution >= 4 is 24.1 Å². The van der Waals surface area contributed by atoms with Gasteiger partial charge in [0.25, 0.3) is 0 Å². The highest BCUT2D eigenvalue weighted by Crippen LogP contribution is 1.98. The van der Waals surface area contributed by atoms with Gasteiger partial charge in [0.2, 0.25) is 0 Å². The molecule has 0 spiro atoms. The molecule has 0 aromatic heterocycles. The van der Waals surface area contributed by atoms with E-state index in [0.717, 1.165) is 12.2 Å². The minimum atomic E-state index is -0.579. The van der Waals surface area contributed by atoms with Gasteiger partial charge in [-0.3, -0.25) is 0 Å². The number of benzene rings is 2. The van der Waals surface area contributed by atoms with Crippen molar-refractivity contribution in [1.29, 1.82) is 0 Å². The summed E-state index contributed by atoms with van der Waals surface area (Å²) in [5.41, 5.74) is 2.35. The molecule has 23 heavy (non-hydrogen) atoms. The molecule has 1 aliphatic heterocycles. The van der Waals surface area contributed by atoms with Crippen molar-refractivity contribution in [1.82, 2.24) is 0 Å². The molecule has 0 unspecified atom stereocenters. The largest absolute Gasteiger partial charge is 0.387 e. The molecule has 116 valence electrons. The fourth-order valence-corrected chi connectivity index (χ4v) is 1.48. The van der Waals surface area contributed by atoms with Gasteiger partial charge in [-0.1, -0.05) is 86.0 Å². The number of rotatable bonds is 2. The van der Waals surface area contributed by atoms with Gasteiger partial charge in [0.1, 0.15) is 0 Å². The summed E-state index contributed by atoms with van der Waals surface area (Å²) in [6, 6.07) is 20.1. The monoisotopic (exact) mass is 306 g/mol. The van der Waals surface area contributed by atoms with E-state index in [4.69, 9.17) is 0 Å². The van der Waals surface area contributed by atoms with E-state index in [9.17, 15) is 9.59 Å². The Hall–Kier alpha value is -3.20. The van der Waals surface area contributed by atoms with E-state index in [-0.39, 0.29) is 0 Å². The Morgan fingerprint density at radius 2 is 1.00 bits per heavy atom. The Kier molecular flexibility index (Phi) is 8.16. The van der Waals surface area contributed by atoms with Crippen LogP contribution in [0.5, 0.6) is 0 Å². The average Bonchev–Trinajstić information content (AvgIpc) is 3.00. The average molecular weight is 306 g/mol. The lowest BCUT2D eigenvalue weighted by Gasteiger charge is -1.85. The van der Waals surface area contributed by atoms with E-state index in [1.165, 1.54) is 11.1 Å². The van der Waals surface area contributed by atoms with Gasteiger partial charge < -0.3 is 4.74 Å². The quantitative estimate of drug-likeness (QED) is 0.614. The lowest BCUT2D eigenvalue weighted by Crippen LogP contribution is -1.96. The van der Waals surface area contributed by atoms with Crippen LogP contribution in [0.3, 0.4) is 0 Å². The van der Waals surface area contributed by atoms with Crippen molar-refractivity contribution in [2.24, 2.45) is 0 Å². The molecule has 0 bridgehead atoms. The normalized spacial score (nSPS) is 11.3. The third kappa shape index (κ3) is 7.97. The van der Waals surface area contributed by atoms with Crippen LogP contribution in [0.2, 0.25) is 0 Å². The standard InChI is InChI=1S/2C8H8.C4H2O3/c2*1-2-8-6-4-3-5-7-8;5-3-1-2-4(6)7-3/h2*2-7H,1H2;1-2H. The number of carbonyl (C=O) groups excluding carboxylic acids is 2.